The van der Waals surface area contributed by atoms with E-state index in [0.29, 0.717) is 23.1 Å². The Hall–Kier alpha value is -0.780. The highest BCUT2D eigenvalue weighted by atomic mass is 35.5. The zero-order chi connectivity index (χ0) is 12.5. The molecule has 0 bridgehead atoms. The summed E-state index contributed by atoms with van der Waals surface area (Å²) in [6.45, 7) is 0. The van der Waals surface area contributed by atoms with Crippen LogP contribution in [0.1, 0.15) is 19.3 Å². The van der Waals surface area contributed by atoms with Crippen molar-refractivity contribution in [1.82, 2.24) is 4.98 Å². The maximum absolute atomic E-state index is 11.2. The van der Waals surface area contributed by atoms with Crippen molar-refractivity contribution in [2.45, 2.75) is 35.1 Å². The van der Waals surface area contributed by atoms with Gasteiger partial charge < -0.3 is 11.5 Å². The number of carbonyl (C=O) groups excluding carboxylic acids is 1. The van der Waals surface area contributed by atoms with Crippen molar-refractivity contribution < 1.29 is 4.79 Å². The summed E-state index contributed by atoms with van der Waals surface area (Å²) < 4.78 is 0. The molecule has 0 aromatic carbocycles. The minimum absolute atomic E-state index is 0.293. The van der Waals surface area contributed by atoms with E-state index in [2.05, 4.69) is 4.98 Å². The Balaban J connectivity index is 1.98. The molecule has 0 aliphatic heterocycles. The van der Waals surface area contributed by atoms with E-state index in [1.807, 2.05) is 6.07 Å². The van der Waals surface area contributed by atoms with Gasteiger partial charge in [-0.3, -0.25) is 4.79 Å². The van der Waals surface area contributed by atoms with E-state index in [9.17, 15) is 4.79 Å². The number of carbonyl (C=O) groups is 1. The third-order valence-electron chi connectivity index (χ3n) is 2.98. The van der Waals surface area contributed by atoms with Crippen molar-refractivity contribution in [2.75, 3.05) is 0 Å². The van der Waals surface area contributed by atoms with E-state index in [1.54, 1.807) is 24.0 Å². The monoisotopic (exact) mass is 271 g/mol. The lowest BCUT2D eigenvalue weighted by atomic mass is 9.99. The third kappa shape index (κ3) is 2.91. The minimum Gasteiger partial charge on any atom is -0.368 e. The molecule has 1 amide bonds. The molecular formula is C11H14ClN3OS. The fourth-order valence-corrected chi connectivity index (χ4v) is 3.29. The Morgan fingerprint density at radius 3 is 2.88 bits per heavy atom. The zero-order valence-corrected chi connectivity index (χ0v) is 10.8. The number of hydrogen-bond acceptors (Lipinski definition) is 4. The van der Waals surface area contributed by atoms with Gasteiger partial charge in [0.2, 0.25) is 5.91 Å². The Kier molecular flexibility index (Phi) is 3.61. The maximum atomic E-state index is 11.2. The van der Waals surface area contributed by atoms with E-state index in [4.69, 9.17) is 23.1 Å². The number of thioether (sulfide) groups is 1. The molecular weight excluding hydrogens is 258 g/mol. The lowest BCUT2D eigenvalue weighted by molar-refractivity contribution is -0.122. The normalized spacial score (nSPS) is 28.2. The molecule has 4 N–H and O–H groups in total. The molecule has 1 aliphatic carbocycles. The first-order valence-corrected chi connectivity index (χ1v) is 6.62. The molecule has 1 aromatic heterocycles. The minimum atomic E-state index is -0.843. The zero-order valence-electron chi connectivity index (χ0n) is 9.23. The lowest BCUT2D eigenvalue weighted by Gasteiger charge is -2.19. The van der Waals surface area contributed by atoms with Gasteiger partial charge in [0.05, 0.1) is 15.6 Å². The maximum Gasteiger partial charge on any atom is 0.237 e. The number of pyridine rings is 1. The van der Waals surface area contributed by atoms with Crippen LogP contribution in [-0.4, -0.2) is 21.7 Å². The van der Waals surface area contributed by atoms with Gasteiger partial charge in [-0.25, -0.2) is 4.98 Å². The summed E-state index contributed by atoms with van der Waals surface area (Å²) in [4.78, 5) is 15.4. The highest BCUT2D eigenvalue weighted by Gasteiger charge is 2.40. The second-order valence-corrected chi connectivity index (χ2v) is 6.07. The molecule has 17 heavy (non-hydrogen) atoms. The number of amides is 1. The molecule has 6 heteroatoms. The van der Waals surface area contributed by atoms with Gasteiger partial charge in [-0.15, -0.1) is 11.8 Å². The summed E-state index contributed by atoms with van der Waals surface area (Å²) >= 11 is 7.38. The summed E-state index contributed by atoms with van der Waals surface area (Å²) in [7, 11) is 0. The molecule has 1 fully saturated rings. The molecule has 0 saturated heterocycles. The van der Waals surface area contributed by atoms with Crippen molar-refractivity contribution in [3.8, 4) is 0 Å². The van der Waals surface area contributed by atoms with Crippen molar-refractivity contribution >= 4 is 29.3 Å². The fourth-order valence-electron chi connectivity index (χ4n) is 1.96. The molecule has 1 saturated carbocycles. The lowest BCUT2D eigenvalue weighted by Crippen LogP contribution is -2.50. The Labute approximate surface area is 109 Å². The van der Waals surface area contributed by atoms with Crippen LogP contribution in [0.5, 0.6) is 0 Å². The van der Waals surface area contributed by atoms with Gasteiger partial charge in [-0.05, 0) is 31.4 Å². The Morgan fingerprint density at radius 1 is 1.59 bits per heavy atom. The molecule has 1 aliphatic rings. The number of rotatable bonds is 3. The number of primary amides is 1. The van der Waals surface area contributed by atoms with Gasteiger partial charge in [-0.2, -0.15) is 0 Å². The van der Waals surface area contributed by atoms with E-state index < -0.39 is 11.4 Å². The van der Waals surface area contributed by atoms with E-state index in [0.717, 1.165) is 11.4 Å². The number of nitrogens with zero attached hydrogens (tertiary/aromatic N) is 1. The average molecular weight is 272 g/mol. The van der Waals surface area contributed by atoms with Gasteiger partial charge in [0.15, 0.2) is 0 Å². The van der Waals surface area contributed by atoms with Crippen LogP contribution in [0.15, 0.2) is 23.4 Å². The van der Waals surface area contributed by atoms with Crippen LogP contribution in [0.25, 0.3) is 0 Å². The highest BCUT2D eigenvalue weighted by molar-refractivity contribution is 7.99. The molecule has 92 valence electrons. The average Bonchev–Trinajstić information content (AvgIpc) is 2.65. The molecule has 4 nitrogen and oxygen atoms in total. The first kappa shape index (κ1) is 12.7. The van der Waals surface area contributed by atoms with Crippen molar-refractivity contribution in [1.29, 1.82) is 0 Å². The van der Waals surface area contributed by atoms with Gasteiger partial charge in [0.25, 0.3) is 0 Å². The number of halogens is 1. The van der Waals surface area contributed by atoms with Crippen LogP contribution < -0.4 is 11.5 Å². The molecule has 1 heterocycles. The summed E-state index contributed by atoms with van der Waals surface area (Å²) in [5, 5.41) is 1.81. The predicted molar refractivity (Wildman–Crippen MR) is 68.9 cm³/mol. The SMILES string of the molecule is NC(=O)C1(N)CCC(Sc2ccc(Cl)cn2)C1. The predicted octanol–water partition coefficient (Wildman–Crippen LogP) is 1.56. The van der Waals surface area contributed by atoms with Crippen molar-refractivity contribution in [3.63, 3.8) is 0 Å². The smallest absolute Gasteiger partial charge is 0.237 e. The van der Waals surface area contributed by atoms with Gasteiger partial charge in [0, 0.05) is 11.4 Å². The molecule has 2 unspecified atom stereocenters. The molecule has 0 radical (unpaired) electrons. The van der Waals surface area contributed by atoms with E-state index in [-0.39, 0.29) is 0 Å². The van der Waals surface area contributed by atoms with Crippen LogP contribution in [0, 0.1) is 0 Å². The summed E-state index contributed by atoms with van der Waals surface area (Å²) in [5.41, 5.74) is 10.4. The fraction of sp³-hybridized carbons (Fsp3) is 0.455. The second-order valence-electron chi connectivity index (χ2n) is 4.32. The Bertz CT molecular complexity index is 425. The number of hydrogen-bond donors (Lipinski definition) is 2. The summed E-state index contributed by atoms with van der Waals surface area (Å²) in [6.07, 6.45) is 3.75. The van der Waals surface area contributed by atoms with Crippen LogP contribution in [0.4, 0.5) is 0 Å². The van der Waals surface area contributed by atoms with Gasteiger partial charge in [0.1, 0.15) is 0 Å². The Morgan fingerprint density at radius 2 is 2.35 bits per heavy atom. The van der Waals surface area contributed by atoms with Crippen LogP contribution in [0.3, 0.4) is 0 Å². The first-order valence-electron chi connectivity index (χ1n) is 5.37. The quantitative estimate of drug-likeness (QED) is 0.874. The summed E-state index contributed by atoms with van der Waals surface area (Å²) in [5.74, 6) is -0.412. The largest absolute Gasteiger partial charge is 0.368 e. The van der Waals surface area contributed by atoms with Gasteiger partial charge in [-0.1, -0.05) is 11.6 Å². The van der Waals surface area contributed by atoms with Crippen LogP contribution >= 0.6 is 23.4 Å². The van der Waals surface area contributed by atoms with Gasteiger partial charge >= 0.3 is 0 Å². The van der Waals surface area contributed by atoms with Crippen molar-refractivity contribution in [3.05, 3.63) is 23.4 Å². The first-order chi connectivity index (χ1) is 7.99. The topological polar surface area (TPSA) is 82.0 Å². The molecule has 0 spiro atoms. The third-order valence-corrected chi connectivity index (χ3v) is 4.42. The number of nitrogens with two attached hydrogens (primary N) is 2. The van der Waals surface area contributed by atoms with E-state index >= 15 is 0 Å². The summed E-state index contributed by atoms with van der Waals surface area (Å²) in [6, 6.07) is 3.67. The number of aromatic nitrogens is 1. The standard InChI is InChI=1S/C11H14ClN3OS/c12-7-1-2-9(15-6-7)17-8-3-4-11(14,5-8)10(13)16/h1-2,6,8H,3-5,14H2,(H2,13,16). The molecule has 2 rings (SSSR count). The second kappa shape index (κ2) is 4.84. The van der Waals surface area contributed by atoms with Crippen LogP contribution in [-0.2, 0) is 4.79 Å². The molecule has 2 atom stereocenters. The van der Waals surface area contributed by atoms with Crippen LogP contribution in [0.2, 0.25) is 5.02 Å². The molecule has 1 aromatic rings. The van der Waals surface area contributed by atoms with Crippen molar-refractivity contribution in [2.24, 2.45) is 11.5 Å². The highest BCUT2D eigenvalue weighted by Crippen LogP contribution is 2.38. The van der Waals surface area contributed by atoms with E-state index in [1.165, 1.54) is 0 Å².